The molecule has 0 bridgehead atoms. The molecule has 1 aliphatic heterocycles. The van der Waals surface area contributed by atoms with Gasteiger partial charge >= 0.3 is 0 Å². The van der Waals surface area contributed by atoms with Gasteiger partial charge in [0.1, 0.15) is 0 Å². The molecule has 0 spiro atoms. The summed E-state index contributed by atoms with van der Waals surface area (Å²) in [5.74, 6) is 0. The number of nitrogens with one attached hydrogen (secondary N) is 1. The van der Waals surface area contributed by atoms with E-state index in [0.29, 0.717) is 6.54 Å². The minimum atomic E-state index is 0.606. The van der Waals surface area contributed by atoms with Gasteiger partial charge in [-0.25, -0.2) is 0 Å². The van der Waals surface area contributed by atoms with Crippen LogP contribution in [0.3, 0.4) is 0 Å². The number of aromatic nitrogens is 1. The lowest BCUT2D eigenvalue weighted by Crippen LogP contribution is -2.02. The minimum Gasteiger partial charge on any atom is -0.355 e. The molecular formula is C21H23N3. The van der Waals surface area contributed by atoms with Gasteiger partial charge in [-0.2, -0.15) is 0 Å². The molecule has 0 amide bonds. The highest BCUT2D eigenvalue weighted by Crippen LogP contribution is 2.28. The maximum absolute atomic E-state index is 5.80. The van der Waals surface area contributed by atoms with E-state index in [4.69, 9.17) is 5.73 Å². The Balaban J connectivity index is 1.89. The highest BCUT2D eigenvalue weighted by atomic mass is 14.8. The van der Waals surface area contributed by atoms with Crippen molar-refractivity contribution in [3.05, 3.63) is 76.3 Å². The fourth-order valence-electron chi connectivity index (χ4n) is 2.86. The zero-order valence-electron chi connectivity index (χ0n) is 14.2. The van der Waals surface area contributed by atoms with E-state index in [1.165, 1.54) is 22.3 Å². The normalized spacial score (nSPS) is 15.6. The van der Waals surface area contributed by atoms with Gasteiger partial charge < -0.3 is 10.7 Å². The van der Waals surface area contributed by atoms with Gasteiger partial charge in [-0.05, 0) is 62.2 Å². The van der Waals surface area contributed by atoms with E-state index in [1.54, 1.807) is 0 Å². The number of allylic oxidation sites excluding steroid dienone is 2. The molecule has 122 valence electrons. The number of hydrogen-bond donors (Lipinski definition) is 2. The average Bonchev–Trinajstić information content (AvgIpc) is 3.22. The van der Waals surface area contributed by atoms with Crippen LogP contribution >= 0.6 is 0 Å². The fraction of sp³-hybridized carbons (Fsp3) is 0.190. The van der Waals surface area contributed by atoms with Crippen LogP contribution in [0.15, 0.2) is 53.2 Å². The molecule has 1 aromatic carbocycles. The highest BCUT2D eigenvalue weighted by molar-refractivity contribution is 5.83. The molecule has 3 N–H and O–H groups in total. The second-order valence-electron chi connectivity index (χ2n) is 6.07. The van der Waals surface area contributed by atoms with Gasteiger partial charge in [-0.1, -0.05) is 35.9 Å². The quantitative estimate of drug-likeness (QED) is 0.838. The average molecular weight is 317 g/mol. The van der Waals surface area contributed by atoms with E-state index in [0.717, 1.165) is 23.5 Å². The number of aliphatic imine (C=N–C) groups is 1. The standard InChI is InChI=1S/C21H23N3/c1-15-5-7-17(8-6-15)9-10-18-14-16(2)21(24-18)19(11-12-22)20-4-3-13-23-20/h3-10,13-14,24H,11-12,22H2,1-2H3/b10-9+,20-19?. The van der Waals surface area contributed by atoms with Gasteiger partial charge in [0.25, 0.3) is 0 Å². The van der Waals surface area contributed by atoms with E-state index in [2.05, 4.69) is 66.3 Å². The topological polar surface area (TPSA) is 54.2 Å². The van der Waals surface area contributed by atoms with Crippen LogP contribution in [-0.4, -0.2) is 17.7 Å². The second kappa shape index (κ2) is 7.28. The van der Waals surface area contributed by atoms with Crippen LogP contribution in [-0.2, 0) is 0 Å². The molecule has 1 aromatic heterocycles. The van der Waals surface area contributed by atoms with Crippen LogP contribution in [0.4, 0.5) is 0 Å². The summed E-state index contributed by atoms with van der Waals surface area (Å²) in [6.07, 6.45) is 10.9. The number of nitrogens with two attached hydrogens (primary N) is 1. The lowest BCUT2D eigenvalue weighted by Gasteiger charge is -2.07. The molecule has 2 heterocycles. The minimum absolute atomic E-state index is 0.606. The summed E-state index contributed by atoms with van der Waals surface area (Å²) in [5, 5.41) is 0. The Labute approximate surface area is 143 Å². The van der Waals surface area contributed by atoms with Crippen molar-refractivity contribution >= 4 is 23.9 Å². The van der Waals surface area contributed by atoms with E-state index in [1.807, 2.05) is 18.4 Å². The zero-order chi connectivity index (χ0) is 16.9. The Morgan fingerprint density at radius 3 is 2.62 bits per heavy atom. The van der Waals surface area contributed by atoms with Crippen LogP contribution < -0.4 is 5.73 Å². The summed E-state index contributed by atoms with van der Waals surface area (Å²) >= 11 is 0. The number of H-pyrrole nitrogens is 1. The molecule has 3 nitrogen and oxygen atoms in total. The summed E-state index contributed by atoms with van der Waals surface area (Å²) in [6.45, 7) is 4.82. The van der Waals surface area contributed by atoms with Crippen molar-refractivity contribution in [1.29, 1.82) is 0 Å². The maximum Gasteiger partial charge on any atom is 0.0683 e. The predicted molar refractivity (Wildman–Crippen MR) is 104 cm³/mol. The molecule has 0 fully saturated rings. The predicted octanol–water partition coefficient (Wildman–Crippen LogP) is 4.50. The molecular weight excluding hydrogens is 294 g/mol. The largest absolute Gasteiger partial charge is 0.355 e. The third-order valence-electron chi connectivity index (χ3n) is 4.13. The number of nitrogens with zero attached hydrogens (tertiary/aromatic N) is 1. The Morgan fingerprint density at radius 1 is 1.17 bits per heavy atom. The Bertz CT molecular complexity index is 816. The molecule has 0 saturated carbocycles. The number of aryl methyl sites for hydroxylation is 2. The molecule has 1 aliphatic rings. The molecule has 0 saturated heterocycles. The van der Waals surface area contributed by atoms with Crippen molar-refractivity contribution in [2.75, 3.05) is 6.54 Å². The molecule has 3 heteroatoms. The Hall–Kier alpha value is -2.65. The van der Waals surface area contributed by atoms with Gasteiger partial charge in [-0.15, -0.1) is 0 Å². The van der Waals surface area contributed by atoms with Gasteiger partial charge in [-0.3, -0.25) is 4.99 Å². The van der Waals surface area contributed by atoms with Crippen molar-refractivity contribution in [1.82, 2.24) is 4.98 Å². The van der Waals surface area contributed by atoms with E-state index < -0.39 is 0 Å². The Kier molecular flexibility index (Phi) is 4.92. The van der Waals surface area contributed by atoms with Gasteiger partial charge in [0.05, 0.1) is 5.70 Å². The van der Waals surface area contributed by atoms with Crippen LogP contribution in [0, 0.1) is 13.8 Å². The van der Waals surface area contributed by atoms with Gasteiger partial charge in [0, 0.05) is 23.2 Å². The molecule has 3 rings (SSSR count). The molecule has 0 unspecified atom stereocenters. The van der Waals surface area contributed by atoms with Crippen molar-refractivity contribution in [2.24, 2.45) is 10.7 Å². The molecule has 0 atom stereocenters. The summed E-state index contributed by atoms with van der Waals surface area (Å²) in [5.41, 5.74) is 13.9. The van der Waals surface area contributed by atoms with Crippen LogP contribution in [0.1, 0.15) is 34.5 Å². The first-order chi connectivity index (χ1) is 11.7. The molecule has 0 radical (unpaired) electrons. The summed E-state index contributed by atoms with van der Waals surface area (Å²) in [6, 6.07) is 10.7. The second-order valence-corrected chi connectivity index (χ2v) is 6.07. The van der Waals surface area contributed by atoms with E-state index in [9.17, 15) is 0 Å². The number of aromatic amines is 1. The third kappa shape index (κ3) is 3.63. The number of hydrogen-bond acceptors (Lipinski definition) is 2. The summed E-state index contributed by atoms with van der Waals surface area (Å²) < 4.78 is 0. The van der Waals surface area contributed by atoms with Crippen molar-refractivity contribution in [3.8, 4) is 0 Å². The summed E-state index contributed by atoms with van der Waals surface area (Å²) in [7, 11) is 0. The van der Waals surface area contributed by atoms with Gasteiger partial charge in [0.15, 0.2) is 0 Å². The lowest BCUT2D eigenvalue weighted by atomic mass is 10.0. The zero-order valence-corrected chi connectivity index (χ0v) is 14.2. The number of rotatable bonds is 5. The summed E-state index contributed by atoms with van der Waals surface area (Å²) in [4.78, 5) is 7.95. The van der Waals surface area contributed by atoms with Crippen LogP contribution in [0.25, 0.3) is 17.7 Å². The monoisotopic (exact) mass is 317 g/mol. The lowest BCUT2D eigenvalue weighted by molar-refractivity contribution is 1.00. The van der Waals surface area contributed by atoms with Crippen LogP contribution in [0.2, 0.25) is 0 Å². The van der Waals surface area contributed by atoms with E-state index >= 15 is 0 Å². The fourth-order valence-corrected chi connectivity index (χ4v) is 2.86. The Morgan fingerprint density at radius 2 is 1.96 bits per heavy atom. The SMILES string of the molecule is Cc1ccc(/C=C/c2cc(C)c(C(CCN)=C3C=CC=N3)[nH]2)cc1. The number of benzene rings is 1. The van der Waals surface area contributed by atoms with Crippen molar-refractivity contribution in [2.45, 2.75) is 20.3 Å². The van der Waals surface area contributed by atoms with E-state index in [-0.39, 0.29) is 0 Å². The highest BCUT2D eigenvalue weighted by Gasteiger charge is 2.13. The molecule has 0 aliphatic carbocycles. The van der Waals surface area contributed by atoms with Crippen LogP contribution in [0.5, 0.6) is 0 Å². The first kappa shape index (κ1) is 16.2. The van der Waals surface area contributed by atoms with Gasteiger partial charge in [0.2, 0.25) is 0 Å². The molecule has 24 heavy (non-hydrogen) atoms. The first-order valence-electron chi connectivity index (χ1n) is 8.26. The maximum atomic E-state index is 5.80. The van der Waals surface area contributed by atoms with Crippen molar-refractivity contribution in [3.63, 3.8) is 0 Å². The third-order valence-corrected chi connectivity index (χ3v) is 4.13. The smallest absolute Gasteiger partial charge is 0.0683 e. The first-order valence-corrected chi connectivity index (χ1v) is 8.26. The van der Waals surface area contributed by atoms with Crippen molar-refractivity contribution < 1.29 is 0 Å². The molecule has 2 aromatic rings.